The van der Waals surface area contributed by atoms with Crippen molar-refractivity contribution in [2.75, 3.05) is 0 Å². The van der Waals surface area contributed by atoms with E-state index >= 15 is 0 Å². The molecule has 15 unspecified atom stereocenters. The van der Waals surface area contributed by atoms with Gasteiger partial charge in [0.05, 0.1) is 0 Å². The van der Waals surface area contributed by atoms with Crippen LogP contribution < -0.4 is 0 Å². The number of hydrogen-bond acceptors (Lipinski definition) is 0. The third-order valence-corrected chi connectivity index (χ3v) is 13.3. The van der Waals surface area contributed by atoms with Crippen molar-refractivity contribution in [3.8, 4) is 0 Å². The lowest BCUT2D eigenvalue weighted by Gasteiger charge is -2.50. The van der Waals surface area contributed by atoms with E-state index in [4.69, 9.17) is 0 Å². The summed E-state index contributed by atoms with van der Waals surface area (Å²) in [5, 5.41) is 0. The summed E-state index contributed by atoms with van der Waals surface area (Å²) in [6.45, 7) is 28.2. The van der Waals surface area contributed by atoms with Crippen molar-refractivity contribution in [2.45, 2.75) is 121 Å². The second-order valence-electron chi connectivity index (χ2n) is 14.5. The van der Waals surface area contributed by atoms with Crippen molar-refractivity contribution in [3.05, 3.63) is 0 Å². The van der Waals surface area contributed by atoms with Gasteiger partial charge in [-0.15, -0.1) is 0 Å². The summed E-state index contributed by atoms with van der Waals surface area (Å²) in [5.41, 5.74) is 0. The minimum Gasteiger partial charge on any atom is -0.0651 e. The van der Waals surface area contributed by atoms with E-state index in [2.05, 4.69) is 76.2 Å². The molecule has 0 aromatic rings. The Labute approximate surface area is 209 Å². The van der Waals surface area contributed by atoms with E-state index in [1.165, 1.54) is 44.9 Å². The average Bonchev–Trinajstić information content (AvgIpc) is 2.78. The fraction of sp³-hybridized carbons (Fsp3) is 1.00. The summed E-state index contributed by atoms with van der Waals surface area (Å²) in [6.07, 6.45) is 10.4. The standard InChI is InChI=1S/C33H62/c1-12-32-28(11)26(9)31(18-33-21(4)15-19(2)23(6)27(33)10)17-30(32)14-13-29-16-20(3)22(5)24(7)25(29)8/h19-33H,12-18H2,1-11H3. The predicted molar refractivity (Wildman–Crippen MR) is 147 cm³/mol. The third-order valence-electron chi connectivity index (χ3n) is 13.3. The highest BCUT2D eigenvalue weighted by atomic mass is 14.5. The van der Waals surface area contributed by atoms with Crippen molar-refractivity contribution < 1.29 is 0 Å². The van der Waals surface area contributed by atoms with Crippen LogP contribution in [0.4, 0.5) is 0 Å². The molecule has 3 saturated carbocycles. The largest absolute Gasteiger partial charge is 0.0651 e. The van der Waals surface area contributed by atoms with Gasteiger partial charge < -0.3 is 0 Å². The molecule has 3 aliphatic carbocycles. The molecule has 0 heterocycles. The van der Waals surface area contributed by atoms with E-state index in [1.54, 1.807) is 0 Å². The van der Waals surface area contributed by atoms with Crippen LogP contribution in [0.25, 0.3) is 0 Å². The Bertz CT molecular complexity index is 593. The second kappa shape index (κ2) is 11.4. The van der Waals surface area contributed by atoms with Crippen LogP contribution in [0.1, 0.15) is 121 Å². The monoisotopic (exact) mass is 458 g/mol. The van der Waals surface area contributed by atoms with Gasteiger partial charge >= 0.3 is 0 Å². The Morgan fingerprint density at radius 1 is 0.424 bits per heavy atom. The molecule has 0 aromatic carbocycles. The Morgan fingerprint density at radius 2 is 0.939 bits per heavy atom. The van der Waals surface area contributed by atoms with Crippen LogP contribution in [0.2, 0.25) is 0 Å². The van der Waals surface area contributed by atoms with Gasteiger partial charge in [-0.25, -0.2) is 0 Å². The summed E-state index contributed by atoms with van der Waals surface area (Å²) in [4.78, 5) is 0. The SMILES string of the molecule is CCC1C(CCC2CC(C)C(C)C(C)C2C)CC(CC2C(C)CC(C)C(C)C2C)C(C)C1C. The third kappa shape index (κ3) is 5.71. The van der Waals surface area contributed by atoms with Gasteiger partial charge in [-0.3, -0.25) is 0 Å². The van der Waals surface area contributed by atoms with Crippen molar-refractivity contribution in [2.24, 2.45) is 88.8 Å². The topological polar surface area (TPSA) is 0 Å². The zero-order valence-electron chi connectivity index (χ0n) is 24.6. The summed E-state index contributed by atoms with van der Waals surface area (Å²) in [6, 6.07) is 0. The second-order valence-corrected chi connectivity index (χ2v) is 14.5. The van der Waals surface area contributed by atoms with Gasteiger partial charge in [0, 0.05) is 0 Å². The van der Waals surface area contributed by atoms with Crippen LogP contribution in [-0.2, 0) is 0 Å². The molecule has 0 heteroatoms. The van der Waals surface area contributed by atoms with E-state index in [0.29, 0.717) is 0 Å². The highest BCUT2D eigenvalue weighted by Gasteiger charge is 2.44. The molecule has 0 bridgehead atoms. The van der Waals surface area contributed by atoms with Crippen LogP contribution in [-0.4, -0.2) is 0 Å². The molecule has 3 fully saturated rings. The molecule has 3 rings (SSSR count). The summed E-state index contributed by atoms with van der Waals surface area (Å²) < 4.78 is 0. The van der Waals surface area contributed by atoms with E-state index in [9.17, 15) is 0 Å². The van der Waals surface area contributed by atoms with Gasteiger partial charge in [-0.05, 0) is 127 Å². The smallest absolute Gasteiger partial charge is 0.0357 e. The summed E-state index contributed by atoms with van der Waals surface area (Å²) >= 11 is 0. The molecule has 0 radical (unpaired) electrons. The van der Waals surface area contributed by atoms with Crippen LogP contribution in [0, 0.1) is 88.8 Å². The lowest BCUT2D eigenvalue weighted by Crippen LogP contribution is -2.42. The van der Waals surface area contributed by atoms with E-state index in [-0.39, 0.29) is 0 Å². The summed E-state index contributed by atoms with van der Waals surface area (Å²) in [5.74, 6) is 13.9. The first-order valence-corrected chi connectivity index (χ1v) is 15.5. The first-order chi connectivity index (χ1) is 15.5. The Kier molecular flexibility index (Phi) is 9.51. The maximum absolute atomic E-state index is 2.63. The van der Waals surface area contributed by atoms with Crippen molar-refractivity contribution in [1.29, 1.82) is 0 Å². The normalized spacial score (nSPS) is 53.7. The Hall–Kier alpha value is 0. The Balaban J connectivity index is 1.67. The fourth-order valence-corrected chi connectivity index (χ4v) is 9.72. The quantitative estimate of drug-likeness (QED) is 0.371. The maximum atomic E-state index is 2.63. The molecule has 0 aromatic heterocycles. The van der Waals surface area contributed by atoms with Gasteiger partial charge in [0.15, 0.2) is 0 Å². The molecule has 3 aliphatic rings. The van der Waals surface area contributed by atoms with Gasteiger partial charge in [0.1, 0.15) is 0 Å². The molecule has 0 amide bonds. The zero-order chi connectivity index (χ0) is 24.6. The number of rotatable bonds is 6. The molecule has 15 atom stereocenters. The van der Waals surface area contributed by atoms with Crippen LogP contribution in [0.15, 0.2) is 0 Å². The van der Waals surface area contributed by atoms with E-state index < -0.39 is 0 Å². The van der Waals surface area contributed by atoms with Crippen LogP contribution in [0.5, 0.6) is 0 Å². The van der Waals surface area contributed by atoms with Gasteiger partial charge in [0.2, 0.25) is 0 Å². The van der Waals surface area contributed by atoms with Crippen molar-refractivity contribution in [1.82, 2.24) is 0 Å². The lowest BCUT2D eigenvalue weighted by atomic mass is 9.55. The average molecular weight is 459 g/mol. The van der Waals surface area contributed by atoms with Crippen LogP contribution in [0.3, 0.4) is 0 Å². The molecular weight excluding hydrogens is 396 g/mol. The molecule has 0 aliphatic heterocycles. The van der Waals surface area contributed by atoms with Crippen molar-refractivity contribution >= 4 is 0 Å². The molecule has 0 nitrogen and oxygen atoms in total. The molecule has 0 N–H and O–H groups in total. The fourth-order valence-electron chi connectivity index (χ4n) is 9.72. The Morgan fingerprint density at radius 3 is 1.58 bits per heavy atom. The van der Waals surface area contributed by atoms with Gasteiger partial charge in [-0.2, -0.15) is 0 Å². The van der Waals surface area contributed by atoms with E-state index in [1.807, 2.05) is 0 Å². The molecule has 0 spiro atoms. The summed E-state index contributed by atoms with van der Waals surface area (Å²) in [7, 11) is 0. The molecule has 194 valence electrons. The van der Waals surface area contributed by atoms with Crippen molar-refractivity contribution in [3.63, 3.8) is 0 Å². The number of hydrogen-bond donors (Lipinski definition) is 0. The highest BCUT2D eigenvalue weighted by Crippen LogP contribution is 2.52. The van der Waals surface area contributed by atoms with Crippen LogP contribution >= 0.6 is 0 Å². The maximum Gasteiger partial charge on any atom is -0.0357 e. The minimum absolute atomic E-state index is 0.900. The zero-order valence-corrected chi connectivity index (χ0v) is 24.6. The predicted octanol–water partition coefficient (Wildman–Crippen LogP) is 10.2. The molecule has 0 saturated heterocycles. The lowest BCUT2D eigenvalue weighted by molar-refractivity contribution is -0.00468. The van der Waals surface area contributed by atoms with Gasteiger partial charge in [0.25, 0.3) is 0 Å². The molecule has 33 heavy (non-hydrogen) atoms. The first-order valence-electron chi connectivity index (χ1n) is 15.5. The molecular formula is C33H62. The first kappa shape index (κ1) is 27.6. The minimum atomic E-state index is 0.900. The van der Waals surface area contributed by atoms with E-state index in [0.717, 1.165) is 88.8 Å². The highest BCUT2D eigenvalue weighted by molar-refractivity contribution is 4.93. The van der Waals surface area contributed by atoms with Gasteiger partial charge in [-0.1, -0.05) is 82.6 Å².